The lowest BCUT2D eigenvalue weighted by molar-refractivity contribution is -0.137. The second-order valence-corrected chi connectivity index (χ2v) is 5.06. The zero-order valence-electron chi connectivity index (χ0n) is 12.3. The summed E-state index contributed by atoms with van der Waals surface area (Å²) >= 11 is 0. The number of aliphatic carboxylic acids is 1. The lowest BCUT2D eigenvalue weighted by Gasteiger charge is -2.15. The Hall–Kier alpha value is -2.44. The Morgan fingerprint density at radius 1 is 1.38 bits per heavy atom. The van der Waals surface area contributed by atoms with Crippen LogP contribution in [0.3, 0.4) is 0 Å². The average molecular weight is 290 g/mol. The van der Waals surface area contributed by atoms with Gasteiger partial charge in [0.15, 0.2) is 5.65 Å². The second kappa shape index (κ2) is 5.90. The Bertz CT molecular complexity index is 693. The molecule has 0 spiro atoms. The molecule has 0 atom stereocenters. The van der Waals surface area contributed by atoms with E-state index in [-0.39, 0.29) is 12.3 Å². The third-order valence-electron chi connectivity index (χ3n) is 3.24. The summed E-state index contributed by atoms with van der Waals surface area (Å²) in [5.41, 5.74) is 2.69. The molecule has 0 aromatic carbocycles. The molecule has 0 aliphatic heterocycles. The van der Waals surface area contributed by atoms with E-state index in [1.54, 1.807) is 11.6 Å². The maximum atomic E-state index is 12.4. The molecule has 21 heavy (non-hydrogen) atoms. The quantitative estimate of drug-likeness (QED) is 0.896. The molecule has 1 amide bonds. The third kappa shape index (κ3) is 3.18. The minimum absolute atomic E-state index is 0.0445. The molecular formula is C14H18N4O3. The van der Waals surface area contributed by atoms with Gasteiger partial charge >= 0.3 is 5.97 Å². The molecular weight excluding hydrogens is 272 g/mol. The predicted octanol–water partition coefficient (Wildman–Crippen LogP) is 1.28. The van der Waals surface area contributed by atoms with Crippen LogP contribution in [0.5, 0.6) is 0 Å². The van der Waals surface area contributed by atoms with Gasteiger partial charge in [-0.2, -0.15) is 5.10 Å². The largest absolute Gasteiger partial charge is 0.481 e. The highest BCUT2D eigenvalue weighted by Crippen LogP contribution is 2.14. The number of hydrogen-bond donors (Lipinski definition) is 1. The first-order valence-electron chi connectivity index (χ1n) is 6.69. The summed E-state index contributed by atoms with van der Waals surface area (Å²) in [5, 5.41) is 12.8. The Labute approximate surface area is 122 Å². The Morgan fingerprint density at radius 3 is 2.76 bits per heavy atom. The zero-order valence-corrected chi connectivity index (χ0v) is 12.3. The van der Waals surface area contributed by atoms with E-state index in [0.717, 1.165) is 11.4 Å². The number of amides is 1. The minimum atomic E-state index is -0.861. The van der Waals surface area contributed by atoms with E-state index < -0.39 is 5.97 Å². The van der Waals surface area contributed by atoms with Gasteiger partial charge in [-0.3, -0.25) is 9.59 Å². The Morgan fingerprint density at radius 2 is 2.10 bits per heavy atom. The fourth-order valence-corrected chi connectivity index (χ4v) is 2.20. The summed E-state index contributed by atoms with van der Waals surface area (Å²) in [6.45, 7) is 4.15. The van der Waals surface area contributed by atoms with Crippen molar-refractivity contribution in [3.05, 3.63) is 29.2 Å². The molecule has 7 heteroatoms. The van der Waals surface area contributed by atoms with Gasteiger partial charge in [0.2, 0.25) is 0 Å². The van der Waals surface area contributed by atoms with Crippen molar-refractivity contribution in [1.82, 2.24) is 19.5 Å². The summed E-state index contributed by atoms with van der Waals surface area (Å²) in [6, 6.07) is 1.89. The van der Waals surface area contributed by atoms with Crippen molar-refractivity contribution < 1.29 is 14.7 Å². The van der Waals surface area contributed by atoms with Gasteiger partial charge < -0.3 is 10.0 Å². The normalized spacial score (nSPS) is 10.8. The van der Waals surface area contributed by atoms with Crippen molar-refractivity contribution in [2.75, 3.05) is 13.6 Å². The first-order valence-corrected chi connectivity index (χ1v) is 6.69. The van der Waals surface area contributed by atoms with E-state index in [2.05, 4.69) is 10.1 Å². The fraction of sp³-hybridized carbons (Fsp3) is 0.429. The second-order valence-electron chi connectivity index (χ2n) is 5.06. The van der Waals surface area contributed by atoms with Crippen LogP contribution >= 0.6 is 0 Å². The van der Waals surface area contributed by atoms with Gasteiger partial charge in [0.25, 0.3) is 5.91 Å². The highest BCUT2D eigenvalue weighted by molar-refractivity contribution is 5.99. The highest BCUT2D eigenvalue weighted by Gasteiger charge is 2.18. The number of hydrogen-bond acceptors (Lipinski definition) is 4. The molecule has 2 heterocycles. The van der Waals surface area contributed by atoms with Crippen molar-refractivity contribution in [3.8, 4) is 0 Å². The Kier molecular flexibility index (Phi) is 4.21. The van der Waals surface area contributed by atoms with Crippen molar-refractivity contribution in [2.45, 2.75) is 26.7 Å². The molecule has 0 radical (unpaired) electrons. The van der Waals surface area contributed by atoms with Gasteiger partial charge in [-0.15, -0.1) is 0 Å². The first-order chi connectivity index (χ1) is 9.90. The molecule has 2 rings (SSSR count). The Balaban J connectivity index is 2.21. The fourth-order valence-electron chi connectivity index (χ4n) is 2.20. The van der Waals surface area contributed by atoms with Crippen molar-refractivity contribution >= 4 is 17.5 Å². The highest BCUT2D eigenvalue weighted by atomic mass is 16.4. The van der Waals surface area contributed by atoms with Crippen LogP contribution in [-0.4, -0.2) is 50.1 Å². The van der Waals surface area contributed by atoms with Crippen molar-refractivity contribution in [1.29, 1.82) is 0 Å². The SMILES string of the molecule is Cc1cc(C)n2ncc(C(=O)N(C)CCCC(=O)O)c2n1. The van der Waals surface area contributed by atoms with Crippen LogP contribution in [0.15, 0.2) is 12.3 Å². The van der Waals surface area contributed by atoms with Crippen LogP contribution in [-0.2, 0) is 4.79 Å². The van der Waals surface area contributed by atoms with Crippen molar-refractivity contribution in [3.63, 3.8) is 0 Å². The van der Waals surface area contributed by atoms with Crippen LogP contribution in [0.1, 0.15) is 34.6 Å². The number of carboxylic acid groups (broad SMARTS) is 1. The maximum absolute atomic E-state index is 12.4. The van der Waals surface area contributed by atoms with Gasteiger partial charge in [-0.25, -0.2) is 9.50 Å². The lowest BCUT2D eigenvalue weighted by Crippen LogP contribution is -2.28. The van der Waals surface area contributed by atoms with Gasteiger partial charge in [-0.1, -0.05) is 0 Å². The molecule has 112 valence electrons. The number of carbonyl (C=O) groups is 2. The van der Waals surface area contributed by atoms with Crippen LogP contribution in [0, 0.1) is 13.8 Å². The average Bonchev–Trinajstić information content (AvgIpc) is 2.81. The minimum Gasteiger partial charge on any atom is -0.481 e. The van der Waals surface area contributed by atoms with Gasteiger partial charge in [0.1, 0.15) is 5.56 Å². The van der Waals surface area contributed by atoms with E-state index in [0.29, 0.717) is 24.2 Å². The summed E-state index contributed by atoms with van der Waals surface area (Å²) in [7, 11) is 1.65. The van der Waals surface area contributed by atoms with Gasteiger partial charge in [0, 0.05) is 31.4 Å². The van der Waals surface area contributed by atoms with Gasteiger partial charge in [-0.05, 0) is 26.3 Å². The molecule has 2 aromatic rings. The topological polar surface area (TPSA) is 87.8 Å². The zero-order chi connectivity index (χ0) is 15.6. The first kappa shape index (κ1) is 15.0. The molecule has 0 bridgehead atoms. The molecule has 0 saturated heterocycles. The third-order valence-corrected chi connectivity index (χ3v) is 3.24. The van der Waals surface area contributed by atoms with Gasteiger partial charge in [0.05, 0.1) is 6.20 Å². The summed E-state index contributed by atoms with van der Waals surface area (Å²) < 4.78 is 1.63. The van der Waals surface area contributed by atoms with E-state index in [1.807, 2.05) is 19.9 Å². The van der Waals surface area contributed by atoms with E-state index in [4.69, 9.17) is 5.11 Å². The lowest BCUT2D eigenvalue weighted by atomic mass is 10.2. The predicted molar refractivity (Wildman–Crippen MR) is 76.3 cm³/mol. The van der Waals surface area contributed by atoms with Crippen LogP contribution in [0.2, 0.25) is 0 Å². The van der Waals surface area contributed by atoms with E-state index in [1.165, 1.54) is 11.1 Å². The number of aromatic nitrogens is 3. The maximum Gasteiger partial charge on any atom is 0.303 e. The summed E-state index contributed by atoms with van der Waals surface area (Å²) in [6.07, 6.45) is 1.97. The number of aryl methyl sites for hydroxylation is 2. The van der Waals surface area contributed by atoms with Crippen LogP contribution < -0.4 is 0 Å². The molecule has 0 saturated carbocycles. The number of nitrogens with zero attached hydrogens (tertiary/aromatic N) is 4. The van der Waals surface area contributed by atoms with E-state index in [9.17, 15) is 9.59 Å². The monoisotopic (exact) mass is 290 g/mol. The smallest absolute Gasteiger partial charge is 0.303 e. The summed E-state index contributed by atoms with van der Waals surface area (Å²) in [5.74, 6) is -1.06. The molecule has 2 aromatic heterocycles. The standard InChI is InChI=1S/C14H18N4O3/c1-9-7-10(2)18-13(16-9)11(8-15-18)14(21)17(3)6-4-5-12(19)20/h7-8H,4-6H2,1-3H3,(H,19,20). The van der Waals surface area contributed by atoms with Crippen LogP contribution in [0.4, 0.5) is 0 Å². The van der Waals surface area contributed by atoms with Crippen LogP contribution in [0.25, 0.3) is 5.65 Å². The molecule has 0 fully saturated rings. The van der Waals surface area contributed by atoms with Crippen molar-refractivity contribution in [2.24, 2.45) is 0 Å². The number of carboxylic acids is 1. The molecule has 1 N–H and O–H groups in total. The molecule has 7 nitrogen and oxygen atoms in total. The molecule has 0 aliphatic rings. The number of carbonyl (C=O) groups excluding carboxylic acids is 1. The van der Waals surface area contributed by atoms with E-state index >= 15 is 0 Å². The number of rotatable bonds is 5. The molecule has 0 aliphatic carbocycles. The summed E-state index contributed by atoms with van der Waals surface area (Å²) in [4.78, 5) is 28.8. The number of fused-ring (bicyclic) bond motifs is 1. The molecule has 0 unspecified atom stereocenters.